The van der Waals surface area contributed by atoms with E-state index < -0.39 is 0 Å². The molecule has 0 bridgehead atoms. The van der Waals surface area contributed by atoms with Crippen LogP contribution in [0.5, 0.6) is 0 Å². The minimum absolute atomic E-state index is 0.129. The van der Waals surface area contributed by atoms with Crippen LogP contribution in [-0.2, 0) is 0 Å². The number of benzene rings is 1. The zero-order chi connectivity index (χ0) is 13.5. The topological polar surface area (TPSA) is 75.4 Å². The number of aliphatic hydroxyl groups is 1. The van der Waals surface area contributed by atoms with Crippen LogP contribution >= 0.6 is 11.8 Å². The second kappa shape index (κ2) is 7.23. The summed E-state index contributed by atoms with van der Waals surface area (Å²) in [4.78, 5) is 10.3. The SMILES string of the molecule is CSC[C@@H](CCO)Nc1ccc([N+](=O)[O-])c(C)c1. The molecule has 0 spiro atoms. The van der Waals surface area contributed by atoms with Crippen LogP contribution in [0.1, 0.15) is 12.0 Å². The van der Waals surface area contributed by atoms with Gasteiger partial charge in [-0.25, -0.2) is 0 Å². The summed E-state index contributed by atoms with van der Waals surface area (Å²) >= 11 is 1.70. The zero-order valence-corrected chi connectivity index (χ0v) is 11.4. The van der Waals surface area contributed by atoms with Gasteiger partial charge >= 0.3 is 0 Å². The molecule has 5 nitrogen and oxygen atoms in total. The normalized spacial score (nSPS) is 12.2. The smallest absolute Gasteiger partial charge is 0.272 e. The maximum Gasteiger partial charge on any atom is 0.272 e. The maximum atomic E-state index is 10.7. The number of nitro benzene ring substituents is 1. The Hall–Kier alpha value is -1.27. The van der Waals surface area contributed by atoms with Gasteiger partial charge in [-0.3, -0.25) is 10.1 Å². The fraction of sp³-hybridized carbons (Fsp3) is 0.500. The number of hydrogen-bond donors (Lipinski definition) is 2. The van der Waals surface area contributed by atoms with E-state index in [9.17, 15) is 10.1 Å². The Morgan fingerprint density at radius 3 is 2.78 bits per heavy atom. The molecule has 1 aromatic rings. The highest BCUT2D eigenvalue weighted by Gasteiger charge is 2.12. The second-order valence-electron chi connectivity index (χ2n) is 4.07. The average Bonchev–Trinajstić information content (AvgIpc) is 2.29. The van der Waals surface area contributed by atoms with Crippen molar-refractivity contribution in [1.82, 2.24) is 0 Å². The number of hydrogen-bond acceptors (Lipinski definition) is 5. The first-order valence-corrected chi connectivity index (χ1v) is 7.09. The summed E-state index contributed by atoms with van der Waals surface area (Å²) in [7, 11) is 0. The van der Waals surface area contributed by atoms with Crippen molar-refractivity contribution in [1.29, 1.82) is 0 Å². The third-order valence-electron chi connectivity index (χ3n) is 2.61. The Balaban J connectivity index is 2.77. The molecule has 0 fully saturated rings. The molecular formula is C12H18N2O3S. The molecule has 1 atom stereocenters. The van der Waals surface area contributed by atoms with Gasteiger partial charge in [0, 0.05) is 35.7 Å². The summed E-state index contributed by atoms with van der Waals surface area (Å²) < 4.78 is 0. The molecule has 2 N–H and O–H groups in total. The first-order valence-electron chi connectivity index (χ1n) is 5.70. The lowest BCUT2D eigenvalue weighted by atomic mass is 10.1. The van der Waals surface area contributed by atoms with E-state index in [4.69, 9.17) is 5.11 Å². The monoisotopic (exact) mass is 270 g/mol. The lowest BCUT2D eigenvalue weighted by Gasteiger charge is -2.18. The molecule has 0 unspecified atom stereocenters. The van der Waals surface area contributed by atoms with E-state index in [2.05, 4.69) is 5.32 Å². The summed E-state index contributed by atoms with van der Waals surface area (Å²) in [5.41, 5.74) is 1.62. The largest absolute Gasteiger partial charge is 0.396 e. The van der Waals surface area contributed by atoms with Crippen LogP contribution in [0.15, 0.2) is 18.2 Å². The number of thioether (sulfide) groups is 1. The van der Waals surface area contributed by atoms with E-state index in [0.29, 0.717) is 12.0 Å². The van der Waals surface area contributed by atoms with Crippen LogP contribution in [0.4, 0.5) is 11.4 Å². The highest BCUT2D eigenvalue weighted by Crippen LogP contribution is 2.22. The van der Waals surface area contributed by atoms with Crippen molar-refractivity contribution in [2.75, 3.05) is 23.9 Å². The van der Waals surface area contributed by atoms with Crippen molar-refractivity contribution in [3.05, 3.63) is 33.9 Å². The van der Waals surface area contributed by atoms with Gasteiger partial charge in [0.2, 0.25) is 0 Å². The number of aryl methyl sites for hydroxylation is 1. The summed E-state index contributed by atoms with van der Waals surface area (Å²) in [5, 5.41) is 23.0. The van der Waals surface area contributed by atoms with Crippen molar-refractivity contribution < 1.29 is 10.0 Å². The van der Waals surface area contributed by atoms with E-state index >= 15 is 0 Å². The lowest BCUT2D eigenvalue weighted by molar-refractivity contribution is -0.385. The van der Waals surface area contributed by atoms with E-state index in [1.54, 1.807) is 30.8 Å². The molecule has 0 aliphatic heterocycles. The van der Waals surface area contributed by atoms with Gasteiger partial charge in [0.1, 0.15) is 0 Å². The van der Waals surface area contributed by atoms with E-state index in [-0.39, 0.29) is 23.3 Å². The van der Waals surface area contributed by atoms with Gasteiger partial charge < -0.3 is 10.4 Å². The zero-order valence-electron chi connectivity index (χ0n) is 10.5. The van der Waals surface area contributed by atoms with E-state index in [0.717, 1.165) is 11.4 Å². The fourth-order valence-electron chi connectivity index (χ4n) is 1.74. The molecule has 6 heteroatoms. The predicted octanol–water partition coefficient (Wildman–Crippen LogP) is 2.43. The Bertz CT molecular complexity index is 406. The molecule has 18 heavy (non-hydrogen) atoms. The number of nitrogens with one attached hydrogen (secondary N) is 1. The first-order chi connectivity index (χ1) is 8.58. The van der Waals surface area contributed by atoms with Gasteiger partial charge in [-0.1, -0.05) is 0 Å². The Morgan fingerprint density at radius 2 is 2.28 bits per heavy atom. The fourth-order valence-corrected chi connectivity index (χ4v) is 2.39. The van der Waals surface area contributed by atoms with Gasteiger partial charge in [-0.15, -0.1) is 0 Å². The van der Waals surface area contributed by atoms with Crippen LogP contribution in [-0.4, -0.2) is 34.7 Å². The van der Waals surface area contributed by atoms with E-state index in [1.165, 1.54) is 6.07 Å². The molecule has 0 saturated heterocycles. The Morgan fingerprint density at radius 1 is 1.56 bits per heavy atom. The Labute approximate surface area is 111 Å². The summed E-state index contributed by atoms with van der Waals surface area (Å²) in [6.45, 7) is 1.85. The van der Waals surface area contributed by atoms with Crippen LogP contribution in [0, 0.1) is 17.0 Å². The third-order valence-corrected chi connectivity index (χ3v) is 3.35. The minimum atomic E-state index is -0.383. The van der Waals surface area contributed by atoms with E-state index in [1.807, 2.05) is 6.26 Å². The number of nitro groups is 1. The minimum Gasteiger partial charge on any atom is -0.396 e. The molecular weight excluding hydrogens is 252 g/mol. The maximum absolute atomic E-state index is 10.7. The molecule has 1 rings (SSSR count). The van der Waals surface area contributed by atoms with Gasteiger partial charge in [-0.05, 0) is 31.7 Å². The first kappa shape index (κ1) is 14.8. The van der Waals surface area contributed by atoms with Crippen molar-refractivity contribution in [3.63, 3.8) is 0 Å². The molecule has 1 aromatic carbocycles. The van der Waals surface area contributed by atoms with Crippen LogP contribution < -0.4 is 5.32 Å². The van der Waals surface area contributed by atoms with Crippen LogP contribution in [0.25, 0.3) is 0 Å². The number of aliphatic hydroxyl groups excluding tert-OH is 1. The molecule has 100 valence electrons. The molecule has 0 radical (unpaired) electrons. The molecule has 0 aromatic heterocycles. The van der Waals surface area contributed by atoms with Crippen LogP contribution in [0.3, 0.4) is 0 Å². The van der Waals surface area contributed by atoms with Crippen molar-refractivity contribution in [2.24, 2.45) is 0 Å². The number of nitrogens with zero attached hydrogens (tertiary/aromatic N) is 1. The molecule has 0 amide bonds. The van der Waals surface area contributed by atoms with Crippen molar-refractivity contribution in [2.45, 2.75) is 19.4 Å². The van der Waals surface area contributed by atoms with Crippen LogP contribution in [0.2, 0.25) is 0 Å². The van der Waals surface area contributed by atoms with Gasteiger partial charge in [0.25, 0.3) is 5.69 Å². The highest BCUT2D eigenvalue weighted by atomic mass is 32.2. The second-order valence-corrected chi connectivity index (χ2v) is 4.98. The average molecular weight is 270 g/mol. The number of anilines is 1. The summed E-state index contributed by atoms with van der Waals surface area (Å²) in [6, 6.07) is 5.15. The molecule has 0 aliphatic rings. The quantitative estimate of drug-likeness (QED) is 0.588. The van der Waals surface area contributed by atoms with Gasteiger partial charge in [0.15, 0.2) is 0 Å². The summed E-state index contributed by atoms with van der Waals surface area (Å²) in [6.07, 6.45) is 2.67. The van der Waals surface area contributed by atoms with Crippen molar-refractivity contribution in [3.8, 4) is 0 Å². The third kappa shape index (κ3) is 4.19. The Kier molecular flexibility index (Phi) is 5.94. The standard InChI is InChI=1S/C12H18N2O3S/c1-9-7-10(3-4-12(9)14(16)17)13-11(5-6-15)8-18-2/h3-4,7,11,13,15H,5-6,8H2,1-2H3/t11-/m1/s1. The molecule has 0 heterocycles. The molecule has 0 aliphatic carbocycles. The number of rotatable bonds is 7. The highest BCUT2D eigenvalue weighted by molar-refractivity contribution is 7.98. The summed E-state index contributed by atoms with van der Waals surface area (Å²) in [5.74, 6) is 0.886. The van der Waals surface area contributed by atoms with Crippen molar-refractivity contribution >= 4 is 23.1 Å². The van der Waals surface area contributed by atoms with Gasteiger partial charge in [-0.2, -0.15) is 11.8 Å². The lowest BCUT2D eigenvalue weighted by Crippen LogP contribution is -2.23. The molecule has 0 saturated carbocycles. The predicted molar refractivity (Wildman–Crippen MR) is 75.3 cm³/mol. The van der Waals surface area contributed by atoms with Gasteiger partial charge in [0.05, 0.1) is 4.92 Å².